The van der Waals surface area contributed by atoms with Crippen LogP contribution in [0.4, 0.5) is 5.69 Å². The van der Waals surface area contributed by atoms with Crippen LogP contribution in [0.1, 0.15) is 5.56 Å². The highest BCUT2D eigenvalue weighted by atomic mass is 32.1. The average Bonchev–Trinajstić information content (AvgIpc) is 2.27. The molecule has 0 radical (unpaired) electrons. The molecule has 1 amide bonds. The molecular weight excluding hydrogens is 236 g/mol. The first-order valence-electron chi connectivity index (χ1n) is 4.87. The lowest BCUT2D eigenvalue weighted by Crippen LogP contribution is -2.44. The van der Waals surface area contributed by atoms with Crippen LogP contribution in [0, 0.1) is 13.5 Å². The summed E-state index contributed by atoms with van der Waals surface area (Å²) in [6, 6.07) is 7.66. The van der Waals surface area contributed by atoms with Crippen LogP contribution >= 0.6 is 12.2 Å². The van der Waals surface area contributed by atoms with E-state index in [0.717, 1.165) is 11.3 Å². The molecule has 1 aromatic rings. The van der Waals surface area contributed by atoms with Gasteiger partial charge in [-0.25, -0.2) is 6.57 Å². The van der Waals surface area contributed by atoms with Crippen LogP contribution in [0.5, 0.6) is 0 Å². The highest BCUT2D eigenvalue weighted by molar-refractivity contribution is 7.80. The number of rotatable bonds is 2. The molecule has 0 atom stereocenters. The molecule has 0 unspecified atom stereocenters. The van der Waals surface area contributed by atoms with Gasteiger partial charge < -0.3 is 10.2 Å². The first kappa shape index (κ1) is 12.9. The fourth-order valence-corrected chi connectivity index (χ4v) is 1.29. The lowest BCUT2D eigenvalue weighted by Gasteiger charge is -2.10. The van der Waals surface area contributed by atoms with Crippen LogP contribution in [0.3, 0.4) is 0 Å². The fourth-order valence-electron chi connectivity index (χ4n) is 1.12. The van der Waals surface area contributed by atoms with Crippen LogP contribution in [0.2, 0.25) is 0 Å². The van der Waals surface area contributed by atoms with Gasteiger partial charge in [0, 0.05) is 5.69 Å². The zero-order valence-corrected chi connectivity index (χ0v) is 10.1. The van der Waals surface area contributed by atoms with Crippen LogP contribution in [-0.4, -0.2) is 17.6 Å². The Morgan fingerprint density at radius 2 is 2.24 bits per heavy atom. The van der Waals surface area contributed by atoms with Crippen molar-refractivity contribution in [3.8, 4) is 0 Å². The number of aryl methyl sites for hydroxylation is 1. The van der Waals surface area contributed by atoms with Gasteiger partial charge in [-0.1, -0.05) is 12.1 Å². The van der Waals surface area contributed by atoms with Crippen molar-refractivity contribution in [1.82, 2.24) is 10.9 Å². The number of carbonyl (C=O) groups is 1. The zero-order valence-electron chi connectivity index (χ0n) is 9.28. The molecule has 88 valence electrons. The van der Waals surface area contributed by atoms with Crippen LogP contribution < -0.4 is 16.2 Å². The molecule has 0 heterocycles. The van der Waals surface area contributed by atoms with E-state index >= 15 is 0 Å². The first-order chi connectivity index (χ1) is 8.11. The standard InChI is InChI=1S/C11H12N4OS/c1-8-4-3-5-9(6-8)13-11(17)15-14-10(16)7-12-2/h3-6H,7H2,1H3,(H,14,16)(H2,13,15,17). The summed E-state index contributed by atoms with van der Waals surface area (Å²) in [6.45, 7) is 8.26. The highest BCUT2D eigenvalue weighted by Crippen LogP contribution is 2.08. The maximum Gasteiger partial charge on any atom is 0.318 e. The SMILES string of the molecule is [C-]#[N+]CC(=O)NNC(=S)Nc1cccc(C)c1. The number of carbonyl (C=O) groups excluding carboxylic acids is 1. The van der Waals surface area contributed by atoms with E-state index in [4.69, 9.17) is 18.8 Å². The summed E-state index contributed by atoms with van der Waals surface area (Å²) >= 11 is 4.97. The van der Waals surface area contributed by atoms with E-state index in [1.54, 1.807) is 0 Å². The summed E-state index contributed by atoms with van der Waals surface area (Å²) in [7, 11) is 0. The molecule has 0 saturated carbocycles. The number of amides is 1. The van der Waals surface area contributed by atoms with Gasteiger partial charge in [0.15, 0.2) is 5.11 Å². The number of anilines is 1. The summed E-state index contributed by atoms with van der Waals surface area (Å²) in [4.78, 5) is 13.9. The van der Waals surface area contributed by atoms with Crippen molar-refractivity contribution in [3.05, 3.63) is 41.2 Å². The van der Waals surface area contributed by atoms with E-state index in [9.17, 15) is 4.79 Å². The van der Waals surface area contributed by atoms with Crippen molar-refractivity contribution in [2.24, 2.45) is 0 Å². The van der Waals surface area contributed by atoms with Gasteiger partial charge in [0.2, 0.25) is 0 Å². The molecule has 5 nitrogen and oxygen atoms in total. The molecule has 0 saturated heterocycles. The van der Waals surface area contributed by atoms with Crippen LogP contribution in [0.25, 0.3) is 4.85 Å². The minimum Gasteiger partial charge on any atom is -0.331 e. The summed E-state index contributed by atoms with van der Waals surface area (Å²) in [5, 5.41) is 3.18. The molecule has 0 fully saturated rings. The van der Waals surface area contributed by atoms with Crippen molar-refractivity contribution in [2.45, 2.75) is 6.92 Å². The predicted octanol–water partition coefficient (Wildman–Crippen LogP) is 1.23. The number of nitrogens with zero attached hydrogens (tertiary/aromatic N) is 1. The third-order valence-corrected chi connectivity index (χ3v) is 2.02. The van der Waals surface area contributed by atoms with E-state index < -0.39 is 5.91 Å². The van der Waals surface area contributed by atoms with E-state index in [-0.39, 0.29) is 11.7 Å². The highest BCUT2D eigenvalue weighted by Gasteiger charge is 2.03. The number of hydrogen-bond acceptors (Lipinski definition) is 2. The quantitative estimate of drug-likeness (QED) is 0.418. The molecule has 0 aliphatic carbocycles. The summed E-state index contributed by atoms with van der Waals surface area (Å²) in [5.41, 5.74) is 6.77. The second kappa shape index (κ2) is 6.45. The first-order valence-corrected chi connectivity index (χ1v) is 5.28. The molecule has 1 rings (SSSR count). The van der Waals surface area contributed by atoms with E-state index in [0.29, 0.717) is 0 Å². The van der Waals surface area contributed by atoms with Gasteiger partial charge in [0.05, 0.1) is 0 Å². The van der Waals surface area contributed by atoms with Gasteiger partial charge in [-0.05, 0) is 36.8 Å². The minimum atomic E-state index is -0.423. The van der Waals surface area contributed by atoms with Crippen molar-refractivity contribution < 1.29 is 4.79 Å². The van der Waals surface area contributed by atoms with E-state index in [1.807, 2.05) is 31.2 Å². The van der Waals surface area contributed by atoms with Crippen molar-refractivity contribution in [1.29, 1.82) is 0 Å². The molecule has 0 spiro atoms. The Bertz CT molecular complexity index is 467. The van der Waals surface area contributed by atoms with Gasteiger partial charge in [-0.2, -0.15) is 0 Å². The Labute approximate surface area is 105 Å². The molecule has 0 aromatic heterocycles. The Morgan fingerprint density at radius 3 is 2.88 bits per heavy atom. The lowest BCUT2D eigenvalue weighted by molar-refractivity contribution is -0.119. The van der Waals surface area contributed by atoms with Gasteiger partial charge in [-0.3, -0.25) is 15.6 Å². The number of nitrogens with one attached hydrogen (secondary N) is 3. The van der Waals surface area contributed by atoms with Crippen molar-refractivity contribution in [3.63, 3.8) is 0 Å². The zero-order chi connectivity index (χ0) is 12.7. The van der Waals surface area contributed by atoms with Gasteiger partial charge in [0.25, 0.3) is 6.54 Å². The van der Waals surface area contributed by atoms with Crippen LogP contribution in [-0.2, 0) is 4.79 Å². The molecule has 17 heavy (non-hydrogen) atoms. The predicted molar refractivity (Wildman–Crippen MR) is 70.1 cm³/mol. The minimum absolute atomic E-state index is 0.222. The number of hydrazine groups is 1. The van der Waals surface area contributed by atoms with E-state index in [1.165, 1.54) is 0 Å². The molecule has 6 heteroatoms. The third-order valence-electron chi connectivity index (χ3n) is 1.81. The second-order valence-corrected chi connectivity index (χ2v) is 3.72. The topological polar surface area (TPSA) is 57.5 Å². The Hall–Kier alpha value is -2.13. The summed E-state index contributed by atoms with van der Waals surface area (Å²) in [6.07, 6.45) is 0. The summed E-state index contributed by atoms with van der Waals surface area (Å²) in [5.74, 6) is -0.423. The normalized spacial score (nSPS) is 8.94. The molecule has 1 aromatic carbocycles. The monoisotopic (exact) mass is 248 g/mol. The Kier molecular flexibility index (Phi) is 4.91. The second-order valence-electron chi connectivity index (χ2n) is 3.31. The molecule has 0 aliphatic heterocycles. The summed E-state index contributed by atoms with van der Waals surface area (Å²) < 4.78 is 0. The van der Waals surface area contributed by atoms with E-state index in [2.05, 4.69) is 21.0 Å². The smallest absolute Gasteiger partial charge is 0.318 e. The van der Waals surface area contributed by atoms with Crippen LogP contribution in [0.15, 0.2) is 24.3 Å². The van der Waals surface area contributed by atoms with Crippen molar-refractivity contribution in [2.75, 3.05) is 11.9 Å². The maximum atomic E-state index is 11.0. The average molecular weight is 248 g/mol. The molecule has 0 aliphatic rings. The number of hydrogen-bond donors (Lipinski definition) is 3. The Morgan fingerprint density at radius 1 is 1.47 bits per heavy atom. The molecule has 0 bridgehead atoms. The molecule has 3 N–H and O–H groups in total. The fraction of sp³-hybridized carbons (Fsp3) is 0.182. The van der Waals surface area contributed by atoms with Crippen molar-refractivity contribution >= 4 is 28.9 Å². The number of benzene rings is 1. The Balaban J connectivity index is 2.40. The third kappa shape index (κ3) is 4.95. The van der Waals surface area contributed by atoms with Gasteiger partial charge >= 0.3 is 5.91 Å². The maximum absolute atomic E-state index is 11.0. The lowest BCUT2D eigenvalue weighted by atomic mass is 10.2. The molecular formula is C11H12N4OS. The largest absolute Gasteiger partial charge is 0.331 e. The number of thiocarbonyl (C=S) groups is 1. The van der Waals surface area contributed by atoms with Gasteiger partial charge in [-0.15, -0.1) is 0 Å². The van der Waals surface area contributed by atoms with Gasteiger partial charge in [0.1, 0.15) is 0 Å².